The first-order chi connectivity index (χ1) is 10.5. The van der Waals surface area contributed by atoms with Crippen LogP contribution in [0.4, 0.5) is 0 Å². The number of carbonyl (C=O) groups excluding carboxylic acids is 1. The van der Waals surface area contributed by atoms with E-state index in [1.807, 2.05) is 17.9 Å². The third-order valence-corrected chi connectivity index (χ3v) is 4.94. The first-order valence-corrected chi connectivity index (χ1v) is 8.17. The Morgan fingerprint density at radius 3 is 2.64 bits per heavy atom. The molecule has 0 radical (unpaired) electrons. The molecule has 0 unspecified atom stereocenters. The van der Waals surface area contributed by atoms with Crippen LogP contribution >= 0.6 is 0 Å². The molecular weight excluding hydrogens is 280 g/mol. The SMILES string of the molecule is CC(=O)N1CCN([C@H]2CN(Cc3cc(C)on3)C[C@H]2C)CC1. The van der Waals surface area contributed by atoms with E-state index in [-0.39, 0.29) is 5.91 Å². The largest absolute Gasteiger partial charge is 0.361 e. The molecule has 2 aliphatic rings. The Bertz CT molecular complexity index is 522. The van der Waals surface area contributed by atoms with Gasteiger partial charge in [-0.2, -0.15) is 0 Å². The first kappa shape index (κ1) is 15.5. The average Bonchev–Trinajstić information content (AvgIpc) is 3.05. The predicted octanol–water partition coefficient (Wildman–Crippen LogP) is 0.967. The molecule has 2 aliphatic heterocycles. The third kappa shape index (κ3) is 3.33. The van der Waals surface area contributed by atoms with E-state index in [2.05, 4.69) is 21.9 Å². The summed E-state index contributed by atoms with van der Waals surface area (Å²) in [5.74, 6) is 1.72. The molecule has 1 amide bonds. The average molecular weight is 306 g/mol. The van der Waals surface area contributed by atoms with Crippen molar-refractivity contribution in [2.45, 2.75) is 33.4 Å². The fourth-order valence-electron chi connectivity index (χ4n) is 3.74. The molecule has 0 bridgehead atoms. The Labute approximate surface area is 132 Å². The Balaban J connectivity index is 1.54. The van der Waals surface area contributed by atoms with Gasteiger partial charge in [-0.1, -0.05) is 12.1 Å². The summed E-state index contributed by atoms with van der Waals surface area (Å²) in [6.45, 7) is 12.7. The molecule has 2 fully saturated rings. The van der Waals surface area contributed by atoms with Gasteiger partial charge in [-0.15, -0.1) is 0 Å². The number of hydrogen-bond donors (Lipinski definition) is 0. The topological polar surface area (TPSA) is 52.8 Å². The van der Waals surface area contributed by atoms with Gasteiger partial charge in [0, 0.05) is 64.8 Å². The summed E-state index contributed by atoms with van der Waals surface area (Å²) in [6, 6.07) is 2.60. The number of rotatable bonds is 3. The van der Waals surface area contributed by atoms with Gasteiger partial charge < -0.3 is 9.42 Å². The summed E-state index contributed by atoms with van der Waals surface area (Å²) in [5.41, 5.74) is 1.02. The Hall–Kier alpha value is -1.40. The van der Waals surface area contributed by atoms with E-state index in [9.17, 15) is 4.79 Å². The van der Waals surface area contributed by atoms with Crippen LogP contribution < -0.4 is 0 Å². The standard InChI is InChI=1S/C16H26N4O2/c1-12-9-18(10-15-8-13(2)22-17-15)11-16(12)20-6-4-19(5-7-20)14(3)21/h8,12,16H,4-7,9-11H2,1-3H3/t12-,16+/m1/s1. The fourth-order valence-corrected chi connectivity index (χ4v) is 3.74. The normalized spacial score (nSPS) is 27.5. The summed E-state index contributed by atoms with van der Waals surface area (Å²) < 4.78 is 5.15. The minimum atomic E-state index is 0.196. The van der Waals surface area contributed by atoms with E-state index in [4.69, 9.17) is 4.52 Å². The second-order valence-corrected chi connectivity index (χ2v) is 6.71. The number of amides is 1. The van der Waals surface area contributed by atoms with Crippen molar-refractivity contribution in [3.8, 4) is 0 Å². The van der Waals surface area contributed by atoms with Crippen LogP contribution in [0.2, 0.25) is 0 Å². The van der Waals surface area contributed by atoms with Gasteiger partial charge in [-0.25, -0.2) is 0 Å². The van der Waals surface area contributed by atoms with Gasteiger partial charge >= 0.3 is 0 Å². The van der Waals surface area contributed by atoms with Crippen molar-refractivity contribution < 1.29 is 9.32 Å². The Morgan fingerprint density at radius 2 is 2.05 bits per heavy atom. The number of piperazine rings is 1. The molecule has 2 atom stereocenters. The highest BCUT2D eigenvalue weighted by atomic mass is 16.5. The van der Waals surface area contributed by atoms with Crippen molar-refractivity contribution in [2.75, 3.05) is 39.3 Å². The minimum absolute atomic E-state index is 0.196. The van der Waals surface area contributed by atoms with Crippen molar-refractivity contribution in [3.63, 3.8) is 0 Å². The third-order valence-electron chi connectivity index (χ3n) is 4.94. The highest BCUT2D eigenvalue weighted by molar-refractivity contribution is 5.73. The van der Waals surface area contributed by atoms with Crippen LogP contribution in [0.1, 0.15) is 25.3 Å². The highest BCUT2D eigenvalue weighted by Crippen LogP contribution is 2.24. The van der Waals surface area contributed by atoms with Crippen LogP contribution in [0.15, 0.2) is 10.6 Å². The number of aryl methyl sites for hydroxylation is 1. The van der Waals surface area contributed by atoms with Crippen molar-refractivity contribution >= 4 is 5.91 Å². The maximum Gasteiger partial charge on any atom is 0.219 e. The van der Waals surface area contributed by atoms with Gasteiger partial charge in [0.15, 0.2) is 0 Å². The Kier molecular flexibility index (Phi) is 4.49. The van der Waals surface area contributed by atoms with Gasteiger partial charge in [0.25, 0.3) is 0 Å². The quantitative estimate of drug-likeness (QED) is 0.833. The zero-order valence-corrected chi connectivity index (χ0v) is 13.8. The van der Waals surface area contributed by atoms with Crippen LogP contribution in [0.3, 0.4) is 0 Å². The second-order valence-electron chi connectivity index (χ2n) is 6.71. The lowest BCUT2D eigenvalue weighted by Gasteiger charge is -2.39. The van der Waals surface area contributed by atoms with Gasteiger partial charge in [-0.05, 0) is 12.8 Å². The van der Waals surface area contributed by atoms with Crippen molar-refractivity contribution in [1.82, 2.24) is 19.9 Å². The van der Waals surface area contributed by atoms with Crippen molar-refractivity contribution in [1.29, 1.82) is 0 Å². The van der Waals surface area contributed by atoms with E-state index in [1.54, 1.807) is 6.92 Å². The highest BCUT2D eigenvalue weighted by Gasteiger charge is 2.35. The lowest BCUT2D eigenvalue weighted by Crippen LogP contribution is -2.53. The molecule has 1 aromatic rings. The number of carbonyl (C=O) groups is 1. The van der Waals surface area contributed by atoms with E-state index in [0.29, 0.717) is 12.0 Å². The van der Waals surface area contributed by atoms with Gasteiger partial charge in [0.05, 0.1) is 5.69 Å². The molecule has 0 N–H and O–H groups in total. The number of aromatic nitrogens is 1. The molecule has 0 saturated carbocycles. The monoisotopic (exact) mass is 306 g/mol. The van der Waals surface area contributed by atoms with Crippen LogP contribution in [-0.2, 0) is 11.3 Å². The summed E-state index contributed by atoms with van der Waals surface area (Å²) in [7, 11) is 0. The predicted molar refractivity (Wildman–Crippen MR) is 83.3 cm³/mol. The minimum Gasteiger partial charge on any atom is -0.361 e. The van der Waals surface area contributed by atoms with Crippen molar-refractivity contribution in [3.05, 3.63) is 17.5 Å². The van der Waals surface area contributed by atoms with E-state index in [0.717, 1.165) is 57.3 Å². The maximum absolute atomic E-state index is 11.4. The van der Waals surface area contributed by atoms with Crippen molar-refractivity contribution in [2.24, 2.45) is 5.92 Å². The molecule has 3 heterocycles. The molecule has 0 spiro atoms. The number of hydrogen-bond acceptors (Lipinski definition) is 5. The Morgan fingerprint density at radius 1 is 1.32 bits per heavy atom. The summed E-state index contributed by atoms with van der Waals surface area (Å²) in [5, 5.41) is 4.10. The van der Waals surface area contributed by atoms with Crippen LogP contribution in [-0.4, -0.2) is 71.1 Å². The fraction of sp³-hybridized carbons (Fsp3) is 0.750. The zero-order chi connectivity index (χ0) is 15.7. The molecule has 0 aliphatic carbocycles. The molecule has 3 rings (SSSR count). The molecule has 1 aromatic heterocycles. The molecule has 122 valence electrons. The lowest BCUT2D eigenvalue weighted by molar-refractivity contribution is -0.130. The van der Waals surface area contributed by atoms with Crippen LogP contribution in [0.5, 0.6) is 0 Å². The first-order valence-electron chi connectivity index (χ1n) is 8.17. The van der Waals surface area contributed by atoms with Crippen LogP contribution in [0.25, 0.3) is 0 Å². The second kappa shape index (κ2) is 6.38. The molecule has 6 heteroatoms. The molecule has 6 nitrogen and oxygen atoms in total. The van der Waals surface area contributed by atoms with Crippen LogP contribution in [0, 0.1) is 12.8 Å². The molecule has 2 saturated heterocycles. The van der Waals surface area contributed by atoms with E-state index in [1.165, 1.54) is 0 Å². The summed E-state index contributed by atoms with van der Waals surface area (Å²) in [6.07, 6.45) is 0. The molecule has 0 aromatic carbocycles. The summed E-state index contributed by atoms with van der Waals surface area (Å²) >= 11 is 0. The molecular formula is C16H26N4O2. The smallest absolute Gasteiger partial charge is 0.219 e. The number of nitrogens with zero attached hydrogens (tertiary/aromatic N) is 4. The van der Waals surface area contributed by atoms with Gasteiger partial charge in [-0.3, -0.25) is 14.6 Å². The summed E-state index contributed by atoms with van der Waals surface area (Å²) in [4.78, 5) is 18.4. The van der Waals surface area contributed by atoms with Gasteiger partial charge in [0.1, 0.15) is 5.76 Å². The van der Waals surface area contributed by atoms with E-state index < -0.39 is 0 Å². The van der Waals surface area contributed by atoms with Gasteiger partial charge in [0.2, 0.25) is 5.91 Å². The molecule has 22 heavy (non-hydrogen) atoms. The zero-order valence-electron chi connectivity index (χ0n) is 13.8. The number of likely N-dealkylation sites (tertiary alicyclic amines) is 1. The maximum atomic E-state index is 11.4. The lowest BCUT2D eigenvalue weighted by atomic mass is 10.0. The van der Waals surface area contributed by atoms with E-state index >= 15 is 0 Å².